The molecule has 0 spiro atoms. The van der Waals surface area contributed by atoms with Crippen LogP contribution in [0.15, 0.2) is 47.4 Å². The van der Waals surface area contributed by atoms with Crippen molar-refractivity contribution in [3.63, 3.8) is 0 Å². The van der Waals surface area contributed by atoms with E-state index in [1.54, 1.807) is 0 Å². The van der Waals surface area contributed by atoms with Gasteiger partial charge in [-0.25, -0.2) is 25.6 Å². The van der Waals surface area contributed by atoms with Crippen LogP contribution in [0.1, 0.15) is 36.8 Å². The molecule has 0 aliphatic heterocycles. The van der Waals surface area contributed by atoms with Crippen molar-refractivity contribution in [1.29, 1.82) is 5.26 Å². The van der Waals surface area contributed by atoms with Gasteiger partial charge < -0.3 is 0 Å². The molecule has 0 unspecified atom stereocenters. The fourth-order valence-corrected chi connectivity index (χ4v) is 7.56. The Bertz CT molecular complexity index is 1190. The second kappa shape index (κ2) is 8.08. The molecule has 9 heteroatoms. The summed E-state index contributed by atoms with van der Waals surface area (Å²) in [5.74, 6) is -1.90. The zero-order valence-corrected chi connectivity index (χ0v) is 17.9. The molecule has 0 heterocycles. The van der Waals surface area contributed by atoms with Crippen molar-refractivity contribution in [2.45, 2.75) is 35.3 Å². The van der Waals surface area contributed by atoms with Crippen LogP contribution >= 0.6 is 0 Å². The highest BCUT2D eigenvalue weighted by molar-refractivity contribution is 7.92. The second-order valence-corrected chi connectivity index (χ2v) is 12.2. The zero-order chi connectivity index (χ0) is 22.2. The summed E-state index contributed by atoms with van der Waals surface area (Å²) in [6.07, 6.45) is 1.55. The highest BCUT2D eigenvalue weighted by atomic mass is 32.2. The summed E-state index contributed by atoms with van der Waals surface area (Å²) in [6.45, 7) is 0. The first-order valence-corrected chi connectivity index (χ1v) is 12.9. The van der Waals surface area contributed by atoms with E-state index in [0.29, 0.717) is 0 Å². The molecule has 0 aromatic heterocycles. The Labute approximate surface area is 175 Å². The van der Waals surface area contributed by atoms with E-state index >= 15 is 0 Å². The molecule has 5 nitrogen and oxygen atoms in total. The minimum Gasteiger partial charge on any atom is -0.229 e. The molecule has 0 radical (unpaired) electrons. The number of sulfone groups is 2. The van der Waals surface area contributed by atoms with Crippen molar-refractivity contribution in [2.24, 2.45) is 5.92 Å². The number of benzene rings is 2. The fourth-order valence-electron chi connectivity index (χ4n) is 4.20. The molecule has 0 amide bonds. The molecule has 30 heavy (non-hydrogen) atoms. The maximum Gasteiger partial charge on any atom is 0.188 e. The first-order chi connectivity index (χ1) is 14.0. The van der Waals surface area contributed by atoms with Gasteiger partial charge in [-0.05, 0) is 74.1 Å². The van der Waals surface area contributed by atoms with Crippen molar-refractivity contribution in [2.75, 3.05) is 12.0 Å². The smallest absolute Gasteiger partial charge is 0.188 e. The van der Waals surface area contributed by atoms with Crippen LogP contribution in [-0.2, 0) is 24.4 Å². The van der Waals surface area contributed by atoms with Crippen molar-refractivity contribution >= 4 is 19.7 Å². The number of hydrogen-bond acceptors (Lipinski definition) is 5. The Morgan fingerprint density at radius 3 is 2.17 bits per heavy atom. The van der Waals surface area contributed by atoms with Gasteiger partial charge in [-0.2, -0.15) is 5.26 Å². The molecule has 3 rings (SSSR count). The van der Waals surface area contributed by atoms with E-state index in [4.69, 9.17) is 5.26 Å². The summed E-state index contributed by atoms with van der Waals surface area (Å²) in [5, 5.41) is 8.96. The summed E-state index contributed by atoms with van der Waals surface area (Å²) in [7, 11) is -7.42. The first kappa shape index (κ1) is 22.4. The molecule has 1 aliphatic rings. The van der Waals surface area contributed by atoms with E-state index in [1.165, 1.54) is 24.3 Å². The van der Waals surface area contributed by atoms with Gasteiger partial charge >= 0.3 is 0 Å². The van der Waals surface area contributed by atoms with Gasteiger partial charge in [-0.3, -0.25) is 0 Å². The molecule has 160 valence electrons. The number of rotatable bonds is 5. The Morgan fingerprint density at radius 2 is 1.63 bits per heavy atom. The van der Waals surface area contributed by atoms with E-state index in [1.807, 2.05) is 6.07 Å². The minimum atomic E-state index is -4.17. The molecule has 0 saturated heterocycles. The molecule has 2 aromatic carbocycles. The maximum atomic E-state index is 14.8. The van der Waals surface area contributed by atoms with Crippen LogP contribution in [0.25, 0.3) is 0 Å². The highest BCUT2D eigenvalue weighted by Crippen LogP contribution is 2.49. The van der Waals surface area contributed by atoms with Crippen LogP contribution in [-0.4, -0.2) is 28.8 Å². The topological polar surface area (TPSA) is 92.1 Å². The summed E-state index contributed by atoms with van der Waals surface area (Å²) in [6, 6.07) is 9.94. The second-order valence-electron chi connectivity index (χ2n) is 7.79. The van der Waals surface area contributed by atoms with Gasteiger partial charge in [0, 0.05) is 11.8 Å². The zero-order valence-electron chi connectivity index (χ0n) is 16.3. The summed E-state index contributed by atoms with van der Waals surface area (Å²) in [4.78, 5) is -0.0910. The fraction of sp³-hybridized carbons (Fsp3) is 0.381. The van der Waals surface area contributed by atoms with Gasteiger partial charge in [-0.1, -0.05) is 0 Å². The van der Waals surface area contributed by atoms with Crippen molar-refractivity contribution < 1.29 is 25.6 Å². The number of nitriles is 1. The van der Waals surface area contributed by atoms with Crippen LogP contribution in [0.2, 0.25) is 0 Å². The largest absolute Gasteiger partial charge is 0.229 e. The van der Waals surface area contributed by atoms with E-state index in [-0.39, 0.29) is 53.4 Å². The first-order valence-electron chi connectivity index (χ1n) is 9.36. The van der Waals surface area contributed by atoms with Crippen LogP contribution in [0.5, 0.6) is 0 Å². The van der Waals surface area contributed by atoms with E-state index in [2.05, 4.69) is 0 Å². The van der Waals surface area contributed by atoms with Gasteiger partial charge in [0.1, 0.15) is 26.2 Å². The molecular formula is C21H21F2NO4S2. The lowest BCUT2D eigenvalue weighted by atomic mass is 9.78. The molecule has 1 saturated carbocycles. The third kappa shape index (κ3) is 4.25. The highest BCUT2D eigenvalue weighted by Gasteiger charge is 2.50. The third-order valence-electron chi connectivity index (χ3n) is 5.68. The lowest BCUT2D eigenvalue weighted by molar-refractivity contribution is 0.303. The monoisotopic (exact) mass is 453 g/mol. The van der Waals surface area contributed by atoms with Crippen molar-refractivity contribution in [3.8, 4) is 6.07 Å². The Morgan fingerprint density at radius 1 is 1.03 bits per heavy atom. The Hall–Kier alpha value is -2.31. The molecule has 1 fully saturated rings. The predicted octanol–water partition coefficient (Wildman–Crippen LogP) is 3.74. The Balaban J connectivity index is 2.11. The van der Waals surface area contributed by atoms with E-state index in [0.717, 1.165) is 24.5 Å². The predicted molar refractivity (Wildman–Crippen MR) is 108 cm³/mol. The molecule has 1 aliphatic carbocycles. The summed E-state index contributed by atoms with van der Waals surface area (Å²) >= 11 is 0. The minimum absolute atomic E-state index is 0.0319. The number of hydrogen-bond donors (Lipinski definition) is 0. The van der Waals surface area contributed by atoms with E-state index < -0.39 is 36.1 Å². The van der Waals surface area contributed by atoms with E-state index in [9.17, 15) is 25.6 Å². The van der Waals surface area contributed by atoms with Crippen LogP contribution in [0.4, 0.5) is 8.78 Å². The molecular weight excluding hydrogens is 432 g/mol. The summed E-state index contributed by atoms with van der Waals surface area (Å²) < 4.78 is 77.7. The SMILES string of the molecule is CS(=O)(=O)CC1CCC(c2cc(F)ccc2F)(S(=O)(=O)c2ccc(C#N)cc2)CC1. The van der Waals surface area contributed by atoms with Crippen LogP contribution < -0.4 is 0 Å². The lowest BCUT2D eigenvalue weighted by Crippen LogP contribution is -2.41. The van der Waals surface area contributed by atoms with Gasteiger partial charge in [0.25, 0.3) is 0 Å². The third-order valence-corrected chi connectivity index (χ3v) is 9.31. The van der Waals surface area contributed by atoms with Gasteiger partial charge in [0.2, 0.25) is 0 Å². The normalized spacial score (nSPS) is 22.4. The average Bonchev–Trinajstić information content (AvgIpc) is 2.69. The molecule has 0 N–H and O–H groups in total. The molecule has 0 atom stereocenters. The Kier molecular flexibility index (Phi) is 6.03. The standard InChI is InChI=1S/C21H21F2NO4S2/c1-29(25,26)14-16-8-10-21(11-9-16,19-12-17(22)4-7-20(19)23)30(27,28)18-5-2-15(13-24)3-6-18/h2-7,12,16H,8-11,14H2,1H3. The lowest BCUT2D eigenvalue weighted by Gasteiger charge is -2.40. The van der Waals surface area contributed by atoms with Crippen molar-refractivity contribution in [1.82, 2.24) is 0 Å². The van der Waals surface area contributed by atoms with Crippen LogP contribution in [0.3, 0.4) is 0 Å². The summed E-state index contributed by atoms with van der Waals surface area (Å²) in [5.41, 5.74) is 0.0291. The maximum absolute atomic E-state index is 14.8. The average molecular weight is 454 g/mol. The van der Waals surface area contributed by atoms with Gasteiger partial charge in [-0.15, -0.1) is 0 Å². The molecule has 2 aromatic rings. The quantitative estimate of drug-likeness (QED) is 0.688. The number of halogens is 2. The van der Waals surface area contributed by atoms with Gasteiger partial charge in [0.15, 0.2) is 9.84 Å². The van der Waals surface area contributed by atoms with Crippen LogP contribution in [0, 0.1) is 28.9 Å². The molecule has 0 bridgehead atoms. The number of nitrogens with zero attached hydrogens (tertiary/aromatic N) is 1. The van der Waals surface area contributed by atoms with Gasteiger partial charge in [0.05, 0.1) is 22.3 Å². The van der Waals surface area contributed by atoms with Crippen molar-refractivity contribution in [3.05, 3.63) is 65.2 Å².